The predicted octanol–water partition coefficient (Wildman–Crippen LogP) is 2.36. The Bertz CT molecular complexity index is 561. The van der Waals surface area contributed by atoms with Crippen molar-refractivity contribution in [3.63, 3.8) is 0 Å². The highest BCUT2D eigenvalue weighted by Gasteiger charge is 2.23. The van der Waals surface area contributed by atoms with Gasteiger partial charge in [-0.25, -0.2) is 4.68 Å². The average molecular weight is 312 g/mol. The van der Waals surface area contributed by atoms with Crippen molar-refractivity contribution in [3.8, 4) is 0 Å². The molecule has 1 aliphatic carbocycles. The molecule has 0 radical (unpaired) electrons. The maximum absolute atomic E-state index is 12.3. The monoisotopic (exact) mass is 311 g/mol. The normalized spacial score (nSPS) is 14.0. The van der Waals surface area contributed by atoms with E-state index in [-0.39, 0.29) is 5.78 Å². The van der Waals surface area contributed by atoms with Gasteiger partial charge in [0, 0.05) is 11.9 Å². The lowest BCUT2D eigenvalue weighted by atomic mass is 10.2. The molecule has 3 rings (SSSR count). The van der Waals surface area contributed by atoms with Gasteiger partial charge in [-0.15, -0.1) is 16.4 Å². The van der Waals surface area contributed by atoms with E-state index < -0.39 is 0 Å². The highest BCUT2D eigenvalue weighted by Crippen LogP contribution is 2.32. The summed E-state index contributed by atoms with van der Waals surface area (Å²) in [6, 6.07) is 2.02. The number of nitrogens with zero attached hydrogens (tertiary/aromatic N) is 3. The Balaban J connectivity index is 2.02. The van der Waals surface area contributed by atoms with Crippen LogP contribution in [-0.4, -0.2) is 20.8 Å². The van der Waals surface area contributed by atoms with Crippen LogP contribution in [0.25, 0.3) is 0 Å². The third-order valence-electron chi connectivity index (χ3n) is 2.97. The van der Waals surface area contributed by atoms with E-state index >= 15 is 0 Å². The minimum Gasteiger partial charge on any atom is -0.286 e. The minimum atomic E-state index is 0.00350. The SMILES string of the molecule is Cn1nnc(Br)c1C(=O)c1cc2c(s1)CCC2. The smallest absolute Gasteiger partial charge is 0.223 e. The van der Waals surface area contributed by atoms with Crippen LogP contribution in [0.15, 0.2) is 10.7 Å². The van der Waals surface area contributed by atoms with Gasteiger partial charge in [-0.05, 0) is 46.8 Å². The molecule has 4 nitrogen and oxygen atoms in total. The first-order valence-corrected chi connectivity index (χ1v) is 6.99. The van der Waals surface area contributed by atoms with Crippen molar-refractivity contribution in [1.82, 2.24) is 15.0 Å². The third kappa shape index (κ3) is 1.75. The van der Waals surface area contributed by atoms with Crippen LogP contribution in [0.3, 0.4) is 0 Å². The number of rotatable bonds is 2. The van der Waals surface area contributed by atoms with E-state index in [1.165, 1.54) is 21.5 Å². The van der Waals surface area contributed by atoms with Gasteiger partial charge in [0.25, 0.3) is 0 Å². The number of ketones is 1. The predicted molar refractivity (Wildman–Crippen MR) is 68.5 cm³/mol. The summed E-state index contributed by atoms with van der Waals surface area (Å²) in [6.07, 6.45) is 3.43. The maximum Gasteiger partial charge on any atom is 0.223 e. The van der Waals surface area contributed by atoms with Crippen LogP contribution in [-0.2, 0) is 19.9 Å². The Morgan fingerprint density at radius 1 is 1.53 bits per heavy atom. The van der Waals surface area contributed by atoms with Gasteiger partial charge in [-0.1, -0.05) is 5.21 Å². The number of aryl methyl sites for hydroxylation is 3. The second kappa shape index (κ2) is 4.03. The molecule has 0 N–H and O–H groups in total. The molecule has 2 heterocycles. The molecule has 6 heteroatoms. The van der Waals surface area contributed by atoms with Crippen molar-refractivity contribution in [2.75, 3.05) is 0 Å². The Hall–Kier alpha value is -1.01. The topological polar surface area (TPSA) is 47.8 Å². The lowest BCUT2D eigenvalue weighted by Gasteiger charge is -1.98. The highest BCUT2D eigenvalue weighted by molar-refractivity contribution is 9.10. The summed E-state index contributed by atoms with van der Waals surface area (Å²) in [6.45, 7) is 0. The third-order valence-corrected chi connectivity index (χ3v) is 4.74. The first-order chi connectivity index (χ1) is 8.16. The number of hydrogen-bond acceptors (Lipinski definition) is 4. The lowest BCUT2D eigenvalue weighted by molar-refractivity contribution is 0.103. The summed E-state index contributed by atoms with van der Waals surface area (Å²) in [7, 11) is 1.73. The second-order valence-electron chi connectivity index (χ2n) is 4.09. The van der Waals surface area contributed by atoms with Crippen LogP contribution in [0.5, 0.6) is 0 Å². The molecule has 2 aromatic heterocycles. The van der Waals surface area contributed by atoms with Crippen molar-refractivity contribution >= 4 is 33.0 Å². The Labute approximate surface area is 111 Å². The number of aromatic nitrogens is 3. The molecule has 0 amide bonds. The van der Waals surface area contributed by atoms with Gasteiger partial charge < -0.3 is 0 Å². The molecule has 88 valence electrons. The fourth-order valence-electron chi connectivity index (χ4n) is 2.13. The van der Waals surface area contributed by atoms with Gasteiger partial charge in [0.15, 0.2) is 4.60 Å². The molecule has 0 spiro atoms. The number of thiophene rings is 1. The first kappa shape index (κ1) is 11.1. The van der Waals surface area contributed by atoms with E-state index in [1.807, 2.05) is 6.07 Å². The van der Waals surface area contributed by atoms with E-state index in [2.05, 4.69) is 26.2 Å². The van der Waals surface area contributed by atoms with Crippen molar-refractivity contribution in [1.29, 1.82) is 0 Å². The highest BCUT2D eigenvalue weighted by atomic mass is 79.9. The molecule has 0 aliphatic heterocycles. The first-order valence-electron chi connectivity index (χ1n) is 5.38. The maximum atomic E-state index is 12.3. The summed E-state index contributed by atoms with van der Waals surface area (Å²) in [5.74, 6) is 0.00350. The summed E-state index contributed by atoms with van der Waals surface area (Å²) >= 11 is 4.87. The molecule has 0 fully saturated rings. The fourth-order valence-corrected chi connectivity index (χ4v) is 3.83. The summed E-state index contributed by atoms with van der Waals surface area (Å²) in [5, 5.41) is 7.67. The molecule has 0 aromatic carbocycles. The molecular weight excluding hydrogens is 302 g/mol. The standard InChI is InChI=1S/C11H10BrN3OS/c1-15-9(11(12)13-14-15)10(16)8-5-6-3-2-4-7(6)17-8/h5H,2-4H2,1H3. The van der Waals surface area contributed by atoms with Crippen LogP contribution < -0.4 is 0 Å². The zero-order chi connectivity index (χ0) is 12.0. The molecule has 17 heavy (non-hydrogen) atoms. The lowest BCUT2D eigenvalue weighted by Crippen LogP contribution is -2.07. The molecule has 0 atom stereocenters. The van der Waals surface area contributed by atoms with Gasteiger partial charge in [0.05, 0.1) is 4.88 Å². The van der Waals surface area contributed by atoms with E-state index in [0.29, 0.717) is 10.3 Å². The number of halogens is 1. The number of hydrogen-bond donors (Lipinski definition) is 0. The van der Waals surface area contributed by atoms with Gasteiger partial charge in [-0.2, -0.15) is 0 Å². The van der Waals surface area contributed by atoms with Crippen LogP contribution in [0, 0.1) is 0 Å². The van der Waals surface area contributed by atoms with E-state index in [4.69, 9.17) is 0 Å². The molecule has 0 unspecified atom stereocenters. The number of carbonyl (C=O) groups excluding carboxylic acids is 1. The van der Waals surface area contributed by atoms with Gasteiger partial charge >= 0.3 is 0 Å². The van der Waals surface area contributed by atoms with Gasteiger partial charge in [0.1, 0.15) is 5.69 Å². The molecular formula is C11H10BrN3OS. The minimum absolute atomic E-state index is 0.00350. The molecule has 0 saturated carbocycles. The zero-order valence-corrected chi connectivity index (χ0v) is 11.6. The summed E-state index contributed by atoms with van der Waals surface area (Å²) < 4.78 is 2.02. The quantitative estimate of drug-likeness (QED) is 0.800. The van der Waals surface area contributed by atoms with E-state index in [0.717, 1.165) is 17.7 Å². The zero-order valence-electron chi connectivity index (χ0n) is 9.23. The van der Waals surface area contributed by atoms with Crippen molar-refractivity contribution in [2.24, 2.45) is 7.05 Å². The molecule has 0 bridgehead atoms. The molecule has 1 aliphatic rings. The number of fused-ring (bicyclic) bond motifs is 1. The Morgan fingerprint density at radius 2 is 2.35 bits per heavy atom. The van der Waals surface area contributed by atoms with Gasteiger partial charge in [0.2, 0.25) is 5.78 Å². The van der Waals surface area contributed by atoms with Crippen LogP contribution in [0.2, 0.25) is 0 Å². The van der Waals surface area contributed by atoms with Crippen molar-refractivity contribution in [3.05, 3.63) is 31.7 Å². The van der Waals surface area contributed by atoms with Crippen molar-refractivity contribution < 1.29 is 4.79 Å². The second-order valence-corrected chi connectivity index (χ2v) is 5.98. The Kier molecular flexibility index (Phi) is 2.63. The van der Waals surface area contributed by atoms with Crippen molar-refractivity contribution in [2.45, 2.75) is 19.3 Å². The van der Waals surface area contributed by atoms with Crippen LogP contribution >= 0.6 is 27.3 Å². The van der Waals surface area contributed by atoms with E-state index in [9.17, 15) is 4.79 Å². The summed E-state index contributed by atoms with van der Waals surface area (Å²) in [5.41, 5.74) is 1.86. The number of carbonyl (C=O) groups is 1. The Morgan fingerprint density at radius 3 is 3.00 bits per heavy atom. The largest absolute Gasteiger partial charge is 0.286 e. The van der Waals surface area contributed by atoms with Crippen LogP contribution in [0.1, 0.15) is 32.2 Å². The van der Waals surface area contributed by atoms with E-state index in [1.54, 1.807) is 18.4 Å². The average Bonchev–Trinajstić information content (AvgIpc) is 2.92. The van der Waals surface area contributed by atoms with Gasteiger partial charge in [-0.3, -0.25) is 4.79 Å². The summed E-state index contributed by atoms with van der Waals surface area (Å²) in [4.78, 5) is 14.5. The van der Waals surface area contributed by atoms with Crippen LogP contribution in [0.4, 0.5) is 0 Å². The fraction of sp³-hybridized carbons (Fsp3) is 0.364. The molecule has 2 aromatic rings. The molecule has 0 saturated heterocycles.